The molecule has 0 saturated heterocycles. The number of hydrogen-bond acceptors (Lipinski definition) is 2. The van der Waals surface area contributed by atoms with Crippen LogP contribution >= 0.6 is 0 Å². The molecule has 3 heteroatoms. The summed E-state index contributed by atoms with van der Waals surface area (Å²) in [5.41, 5.74) is 7.08. The number of nitrogens with two attached hydrogens (primary N) is 1. The first-order valence-corrected chi connectivity index (χ1v) is 7.29. The Morgan fingerprint density at radius 3 is 1.90 bits per heavy atom. The number of nitrogens with one attached hydrogen (secondary N) is 1. The van der Waals surface area contributed by atoms with Crippen molar-refractivity contribution in [2.24, 2.45) is 5.73 Å². The molecule has 0 saturated carbocycles. The second kappa shape index (κ2) is 7.04. The molecule has 0 heterocycles. The van der Waals surface area contributed by atoms with Crippen LogP contribution in [0.5, 0.6) is 0 Å². The van der Waals surface area contributed by atoms with Gasteiger partial charge in [-0.1, -0.05) is 60.7 Å². The van der Waals surface area contributed by atoms with Gasteiger partial charge in [0.25, 0.3) is 0 Å². The summed E-state index contributed by atoms with van der Waals surface area (Å²) in [7, 11) is 0. The Morgan fingerprint density at radius 2 is 1.48 bits per heavy atom. The van der Waals surface area contributed by atoms with Crippen molar-refractivity contribution in [3.8, 4) is 0 Å². The average molecular weight is 282 g/mol. The molecule has 0 bridgehead atoms. The topological polar surface area (TPSA) is 55.1 Å². The SMILES string of the molecule is CC(NC(=O)CCCN)(c1ccccc1)c1ccccc1. The van der Waals surface area contributed by atoms with Crippen LogP contribution in [0, 0.1) is 0 Å². The third kappa shape index (κ3) is 3.70. The molecule has 0 aliphatic carbocycles. The van der Waals surface area contributed by atoms with Crippen molar-refractivity contribution < 1.29 is 4.79 Å². The molecule has 3 N–H and O–H groups in total. The minimum Gasteiger partial charge on any atom is -0.343 e. The van der Waals surface area contributed by atoms with Crippen LogP contribution in [0.4, 0.5) is 0 Å². The van der Waals surface area contributed by atoms with Crippen molar-refractivity contribution in [1.29, 1.82) is 0 Å². The zero-order valence-electron chi connectivity index (χ0n) is 12.4. The lowest BCUT2D eigenvalue weighted by Crippen LogP contribution is -2.44. The predicted octanol–water partition coefficient (Wildman–Crippen LogP) is 2.81. The molecule has 3 nitrogen and oxygen atoms in total. The minimum atomic E-state index is -0.534. The van der Waals surface area contributed by atoms with E-state index in [0.29, 0.717) is 19.4 Å². The molecule has 2 aromatic carbocycles. The number of carbonyl (C=O) groups is 1. The smallest absolute Gasteiger partial charge is 0.220 e. The first-order valence-electron chi connectivity index (χ1n) is 7.29. The molecule has 0 unspecified atom stereocenters. The highest BCUT2D eigenvalue weighted by Crippen LogP contribution is 2.29. The zero-order valence-corrected chi connectivity index (χ0v) is 12.4. The number of benzene rings is 2. The van der Waals surface area contributed by atoms with Crippen molar-refractivity contribution in [2.45, 2.75) is 25.3 Å². The van der Waals surface area contributed by atoms with Crippen LogP contribution in [0.1, 0.15) is 30.9 Å². The van der Waals surface area contributed by atoms with E-state index < -0.39 is 5.54 Å². The van der Waals surface area contributed by atoms with E-state index in [1.165, 1.54) is 0 Å². The Labute approximate surface area is 126 Å². The Kier molecular flexibility index (Phi) is 5.12. The molecule has 0 aliphatic rings. The Morgan fingerprint density at radius 1 is 1.00 bits per heavy atom. The maximum atomic E-state index is 12.2. The molecule has 0 fully saturated rings. The van der Waals surface area contributed by atoms with Crippen molar-refractivity contribution in [2.75, 3.05) is 6.54 Å². The fourth-order valence-corrected chi connectivity index (χ4v) is 2.46. The third-order valence-corrected chi connectivity index (χ3v) is 3.70. The molecular formula is C18H22N2O. The van der Waals surface area contributed by atoms with Crippen LogP contribution in [0.15, 0.2) is 60.7 Å². The maximum absolute atomic E-state index is 12.2. The van der Waals surface area contributed by atoms with Crippen LogP contribution in [-0.2, 0) is 10.3 Å². The van der Waals surface area contributed by atoms with E-state index in [4.69, 9.17) is 5.73 Å². The van der Waals surface area contributed by atoms with Gasteiger partial charge in [0.1, 0.15) is 0 Å². The van der Waals surface area contributed by atoms with Crippen LogP contribution < -0.4 is 11.1 Å². The fraction of sp³-hybridized carbons (Fsp3) is 0.278. The Hall–Kier alpha value is -2.13. The van der Waals surface area contributed by atoms with Gasteiger partial charge in [0.2, 0.25) is 5.91 Å². The summed E-state index contributed by atoms with van der Waals surface area (Å²) in [5, 5.41) is 3.17. The van der Waals surface area contributed by atoms with E-state index in [2.05, 4.69) is 5.32 Å². The quantitative estimate of drug-likeness (QED) is 0.856. The molecule has 0 radical (unpaired) electrons. The summed E-state index contributed by atoms with van der Waals surface area (Å²) in [4.78, 5) is 12.2. The van der Waals surface area contributed by atoms with Crippen LogP contribution in [0.25, 0.3) is 0 Å². The van der Waals surface area contributed by atoms with E-state index >= 15 is 0 Å². The maximum Gasteiger partial charge on any atom is 0.220 e. The van der Waals surface area contributed by atoms with E-state index in [1.807, 2.05) is 67.6 Å². The monoisotopic (exact) mass is 282 g/mol. The van der Waals surface area contributed by atoms with Crippen molar-refractivity contribution >= 4 is 5.91 Å². The number of hydrogen-bond donors (Lipinski definition) is 2. The second-order valence-corrected chi connectivity index (χ2v) is 5.30. The standard InChI is InChI=1S/C18H22N2O/c1-18(15-9-4-2-5-10-15,16-11-6-3-7-12-16)20-17(21)13-8-14-19/h2-7,9-12H,8,13-14,19H2,1H3,(H,20,21). The summed E-state index contributed by atoms with van der Waals surface area (Å²) in [5.74, 6) is 0.0238. The minimum absolute atomic E-state index is 0.0238. The van der Waals surface area contributed by atoms with Gasteiger partial charge < -0.3 is 11.1 Å². The summed E-state index contributed by atoms with van der Waals surface area (Å²) >= 11 is 0. The average Bonchev–Trinajstić information content (AvgIpc) is 2.54. The van der Waals surface area contributed by atoms with Crippen molar-refractivity contribution in [1.82, 2.24) is 5.32 Å². The summed E-state index contributed by atoms with van der Waals surface area (Å²) in [6, 6.07) is 20.1. The van der Waals surface area contributed by atoms with Gasteiger partial charge in [-0.15, -0.1) is 0 Å². The lowest BCUT2D eigenvalue weighted by Gasteiger charge is -2.32. The molecule has 110 valence electrons. The third-order valence-electron chi connectivity index (χ3n) is 3.70. The first kappa shape index (κ1) is 15.3. The highest BCUT2D eigenvalue weighted by Gasteiger charge is 2.30. The summed E-state index contributed by atoms with van der Waals surface area (Å²) in [6.45, 7) is 2.57. The largest absolute Gasteiger partial charge is 0.343 e. The number of amides is 1. The molecule has 21 heavy (non-hydrogen) atoms. The Balaban J connectivity index is 2.33. The van der Waals surface area contributed by atoms with Gasteiger partial charge in [-0.25, -0.2) is 0 Å². The summed E-state index contributed by atoms with van der Waals surface area (Å²) < 4.78 is 0. The molecule has 0 atom stereocenters. The van der Waals surface area contributed by atoms with E-state index in [1.54, 1.807) is 0 Å². The van der Waals surface area contributed by atoms with Crippen LogP contribution in [0.3, 0.4) is 0 Å². The highest BCUT2D eigenvalue weighted by atomic mass is 16.1. The van der Waals surface area contributed by atoms with Crippen molar-refractivity contribution in [3.63, 3.8) is 0 Å². The lowest BCUT2D eigenvalue weighted by molar-refractivity contribution is -0.122. The lowest BCUT2D eigenvalue weighted by atomic mass is 9.84. The van der Waals surface area contributed by atoms with Crippen molar-refractivity contribution in [3.05, 3.63) is 71.8 Å². The normalized spacial score (nSPS) is 11.1. The molecule has 0 aromatic heterocycles. The number of carbonyl (C=O) groups excluding carboxylic acids is 1. The summed E-state index contributed by atoms with van der Waals surface area (Å²) in [6.07, 6.45) is 1.15. The van der Waals surface area contributed by atoms with Gasteiger partial charge >= 0.3 is 0 Å². The zero-order chi connectivity index (χ0) is 15.1. The Bertz CT molecular complexity index is 527. The van der Waals surface area contributed by atoms with Gasteiger partial charge in [-0.2, -0.15) is 0 Å². The van der Waals surface area contributed by atoms with E-state index in [0.717, 1.165) is 11.1 Å². The molecule has 0 spiro atoms. The van der Waals surface area contributed by atoms with Crippen LogP contribution in [-0.4, -0.2) is 12.5 Å². The highest BCUT2D eigenvalue weighted by molar-refractivity contribution is 5.77. The first-order chi connectivity index (χ1) is 10.2. The molecule has 2 rings (SSSR count). The van der Waals surface area contributed by atoms with Gasteiger partial charge in [0, 0.05) is 6.42 Å². The van der Waals surface area contributed by atoms with E-state index in [9.17, 15) is 4.79 Å². The fourth-order valence-electron chi connectivity index (χ4n) is 2.46. The predicted molar refractivity (Wildman–Crippen MR) is 85.8 cm³/mol. The molecule has 0 aliphatic heterocycles. The van der Waals surface area contributed by atoms with Gasteiger partial charge in [-0.05, 0) is 31.0 Å². The molecule has 2 aromatic rings. The van der Waals surface area contributed by atoms with E-state index in [-0.39, 0.29) is 5.91 Å². The van der Waals surface area contributed by atoms with Crippen LogP contribution in [0.2, 0.25) is 0 Å². The molecule has 1 amide bonds. The van der Waals surface area contributed by atoms with Gasteiger partial charge in [0.15, 0.2) is 0 Å². The molecular weight excluding hydrogens is 260 g/mol. The second-order valence-electron chi connectivity index (χ2n) is 5.30. The van der Waals surface area contributed by atoms with Gasteiger partial charge in [0.05, 0.1) is 5.54 Å². The number of rotatable bonds is 6. The van der Waals surface area contributed by atoms with Gasteiger partial charge in [-0.3, -0.25) is 4.79 Å².